The van der Waals surface area contributed by atoms with Crippen molar-refractivity contribution in [3.05, 3.63) is 82.1 Å². The molecule has 1 heterocycles. The van der Waals surface area contributed by atoms with Crippen LogP contribution >= 0.6 is 11.6 Å². The van der Waals surface area contributed by atoms with Crippen LogP contribution in [0.2, 0.25) is 5.02 Å². The van der Waals surface area contributed by atoms with Gasteiger partial charge in [0.15, 0.2) is 0 Å². The van der Waals surface area contributed by atoms with Gasteiger partial charge in [0.05, 0.1) is 11.4 Å². The first kappa shape index (κ1) is 12.6. The highest BCUT2D eigenvalue weighted by molar-refractivity contribution is 6.30. The van der Waals surface area contributed by atoms with Crippen molar-refractivity contribution in [1.29, 1.82) is 0 Å². The first-order valence-electron chi connectivity index (χ1n) is 6.16. The molecule has 0 bridgehead atoms. The predicted molar refractivity (Wildman–Crippen MR) is 80.3 cm³/mol. The van der Waals surface area contributed by atoms with E-state index in [1.807, 2.05) is 60.7 Å². The van der Waals surface area contributed by atoms with E-state index in [1.54, 1.807) is 6.07 Å². The van der Waals surface area contributed by atoms with Gasteiger partial charge in [-0.15, -0.1) is 0 Å². The fourth-order valence-corrected chi connectivity index (χ4v) is 2.14. The van der Waals surface area contributed by atoms with Crippen LogP contribution in [0, 0.1) is 0 Å². The maximum atomic E-state index is 12.1. The molecule has 0 saturated carbocycles. The second-order valence-electron chi connectivity index (χ2n) is 4.30. The molecular weight excluding hydrogens is 272 g/mol. The summed E-state index contributed by atoms with van der Waals surface area (Å²) in [6.45, 7) is 0. The summed E-state index contributed by atoms with van der Waals surface area (Å²) in [5.74, 6) is 0. The van der Waals surface area contributed by atoms with E-state index in [0.29, 0.717) is 11.4 Å². The van der Waals surface area contributed by atoms with Crippen molar-refractivity contribution < 1.29 is 0 Å². The van der Waals surface area contributed by atoms with Crippen LogP contribution in [0.15, 0.2) is 71.5 Å². The Hall–Kier alpha value is -2.39. The summed E-state index contributed by atoms with van der Waals surface area (Å²) < 4.78 is 1.32. The molecular formula is C16H11ClN2O. The molecule has 98 valence electrons. The molecule has 0 N–H and O–H groups in total. The second-order valence-corrected chi connectivity index (χ2v) is 4.70. The molecule has 3 nitrogen and oxygen atoms in total. The normalized spacial score (nSPS) is 10.4. The van der Waals surface area contributed by atoms with Crippen molar-refractivity contribution in [2.24, 2.45) is 0 Å². The van der Waals surface area contributed by atoms with Crippen LogP contribution < -0.4 is 5.56 Å². The number of rotatable bonds is 2. The average Bonchev–Trinajstić information content (AvgIpc) is 2.51. The van der Waals surface area contributed by atoms with Gasteiger partial charge in [0.1, 0.15) is 5.02 Å². The van der Waals surface area contributed by atoms with Crippen molar-refractivity contribution in [3.63, 3.8) is 0 Å². The van der Waals surface area contributed by atoms with Crippen LogP contribution in [0.4, 0.5) is 0 Å². The largest absolute Gasteiger partial charge is 0.290 e. The molecule has 0 aliphatic carbocycles. The molecule has 3 rings (SSSR count). The maximum absolute atomic E-state index is 12.1. The first-order valence-corrected chi connectivity index (χ1v) is 6.54. The highest BCUT2D eigenvalue weighted by Crippen LogP contribution is 2.18. The SMILES string of the molecule is O=c1c(Cl)cc(-c2ccccc2)nn1-c1ccccc1. The minimum atomic E-state index is -0.322. The third kappa shape index (κ3) is 2.36. The minimum Gasteiger partial charge on any atom is -0.266 e. The molecule has 0 saturated heterocycles. The van der Waals surface area contributed by atoms with Gasteiger partial charge in [-0.25, -0.2) is 0 Å². The molecule has 3 aromatic rings. The van der Waals surface area contributed by atoms with E-state index in [4.69, 9.17) is 11.6 Å². The van der Waals surface area contributed by atoms with Gasteiger partial charge in [-0.3, -0.25) is 4.79 Å². The quantitative estimate of drug-likeness (QED) is 0.720. The Labute approximate surface area is 121 Å². The van der Waals surface area contributed by atoms with E-state index in [-0.39, 0.29) is 10.6 Å². The second kappa shape index (κ2) is 5.31. The Bertz CT molecular complexity index is 783. The molecule has 0 fully saturated rings. The summed E-state index contributed by atoms with van der Waals surface area (Å²) in [5, 5.41) is 4.55. The number of benzene rings is 2. The first-order chi connectivity index (χ1) is 9.75. The van der Waals surface area contributed by atoms with Crippen LogP contribution in [0.5, 0.6) is 0 Å². The zero-order valence-electron chi connectivity index (χ0n) is 10.5. The molecule has 0 aliphatic heterocycles. The molecule has 1 aromatic heterocycles. The lowest BCUT2D eigenvalue weighted by Gasteiger charge is -2.08. The summed E-state index contributed by atoms with van der Waals surface area (Å²) >= 11 is 6.05. The van der Waals surface area contributed by atoms with E-state index in [9.17, 15) is 4.79 Å². The van der Waals surface area contributed by atoms with Gasteiger partial charge in [0, 0.05) is 5.56 Å². The summed E-state index contributed by atoms with van der Waals surface area (Å²) in [6.07, 6.45) is 0. The third-order valence-electron chi connectivity index (χ3n) is 2.94. The standard InChI is InChI=1S/C16H11ClN2O/c17-14-11-15(12-7-3-1-4-8-12)18-19(16(14)20)13-9-5-2-6-10-13/h1-11H. The Balaban J connectivity index is 2.22. The van der Waals surface area contributed by atoms with Crippen molar-refractivity contribution in [1.82, 2.24) is 9.78 Å². The lowest BCUT2D eigenvalue weighted by Crippen LogP contribution is -2.21. The Kier molecular flexibility index (Phi) is 3.35. The number of para-hydroxylation sites is 1. The molecule has 2 aromatic carbocycles. The van der Waals surface area contributed by atoms with Gasteiger partial charge in [-0.2, -0.15) is 9.78 Å². The zero-order valence-corrected chi connectivity index (χ0v) is 11.3. The summed E-state index contributed by atoms with van der Waals surface area (Å²) in [4.78, 5) is 12.1. The van der Waals surface area contributed by atoms with E-state index >= 15 is 0 Å². The van der Waals surface area contributed by atoms with E-state index in [2.05, 4.69) is 5.10 Å². The number of hydrogen-bond acceptors (Lipinski definition) is 2. The monoisotopic (exact) mass is 282 g/mol. The highest BCUT2D eigenvalue weighted by Gasteiger charge is 2.09. The average molecular weight is 283 g/mol. The van der Waals surface area contributed by atoms with Crippen molar-refractivity contribution in [2.45, 2.75) is 0 Å². The highest BCUT2D eigenvalue weighted by atomic mass is 35.5. The van der Waals surface area contributed by atoms with Crippen LogP contribution in [0.1, 0.15) is 0 Å². The number of halogens is 1. The van der Waals surface area contributed by atoms with Gasteiger partial charge in [0.25, 0.3) is 5.56 Å². The smallest absolute Gasteiger partial charge is 0.266 e. The van der Waals surface area contributed by atoms with Crippen LogP contribution in [0.3, 0.4) is 0 Å². The molecule has 0 unspecified atom stereocenters. The molecule has 4 heteroatoms. The van der Waals surface area contributed by atoms with Crippen molar-refractivity contribution in [2.75, 3.05) is 0 Å². The molecule has 0 radical (unpaired) electrons. The van der Waals surface area contributed by atoms with Crippen LogP contribution in [0.25, 0.3) is 16.9 Å². The Morgan fingerprint density at radius 2 is 1.50 bits per heavy atom. The fraction of sp³-hybridized carbons (Fsp3) is 0. The molecule has 0 amide bonds. The van der Waals surface area contributed by atoms with Gasteiger partial charge in [-0.05, 0) is 18.2 Å². The molecule has 0 spiro atoms. The number of aromatic nitrogens is 2. The third-order valence-corrected chi connectivity index (χ3v) is 3.21. The number of nitrogens with zero attached hydrogens (tertiary/aromatic N) is 2. The predicted octanol–water partition coefficient (Wildman–Crippen LogP) is 3.55. The summed E-state index contributed by atoms with van der Waals surface area (Å²) in [5.41, 5.74) is 1.95. The van der Waals surface area contributed by atoms with E-state index in [0.717, 1.165) is 5.56 Å². The topological polar surface area (TPSA) is 34.9 Å². The molecule has 0 aliphatic rings. The zero-order chi connectivity index (χ0) is 13.9. The van der Waals surface area contributed by atoms with Gasteiger partial charge in [-0.1, -0.05) is 60.1 Å². The molecule has 0 atom stereocenters. The summed E-state index contributed by atoms with van der Waals surface area (Å²) in [7, 11) is 0. The lowest BCUT2D eigenvalue weighted by atomic mass is 10.1. The maximum Gasteiger partial charge on any atom is 0.290 e. The van der Waals surface area contributed by atoms with Gasteiger partial charge < -0.3 is 0 Å². The van der Waals surface area contributed by atoms with Crippen LogP contribution in [-0.2, 0) is 0 Å². The fourth-order valence-electron chi connectivity index (χ4n) is 1.96. The Morgan fingerprint density at radius 1 is 0.900 bits per heavy atom. The summed E-state index contributed by atoms with van der Waals surface area (Å²) in [6, 6.07) is 20.5. The minimum absolute atomic E-state index is 0.155. The van der Waals surface area contributed by atoms with Gasteiger partial charge >= 0.3 is 0 Å². The molecule has 20 heavy (non-hydrogen) atoms. The van der Waals surface area contributed by atoms with Crippen LogP contribution in [-0.4, -0.2) is 9.78 Å². The lowest BCUT2D eigenvalue weighted by molar-refractivity contribution is 0.813. The van der Waals surface area contributed by atoms with E-state index < -0.39 is 0 Å². The Morgan fingerprint density at radius 3 is 2.15 bits per heavy atom. The van der Waals surface area contributed by atoms with E-state index in [1.165, 1.54) is 4.68 Å². The van der Waals surface area contributed by atoms with Crippen molar-refractivity contribution >= 4 is 11.6 Å². The van der Waals surface area contributed by atoms with Crippen molar-refractivity contribution in [3.8, 4) is 16.9 Å². The van der Waals surface area contributed by atoms with Gasteiger partial charge in [0.2, 0.25) is 0 Å². The number of hydrogen-bond donors (Lipinski definition) is 0.